The molecule has 1 unspecified atom stereocenters. The smallest absolute Gasteiger partial charge is 0.264 e. The number of amides is 5. The molecule has 4 N–H and O–H groups in total. The number of ether oxygens (including phenoxy) is 2. The van der Waals surface area contributed by atoms with Gasteiger partial charge in [-0.15, -0.1) is 0 Å². The van der Waals surface area contributed by atoms with E-state index in [1.54, 1.807) is 50.2 Å². The van der Waals surface area contributed by atoms with Crippen LogP contribution in [-0.2, 0) is 29.0 Å². The van der Waals surface area contributed by atoms with Crippen LogP contribution in [0.3, 0.4) is 0 Å². The molecule has 2 fully saturated rings. The van der Waals surface area contributed by atoms with Crippen molar-refractivity contribution in [3.05, 3.63) is 88.1 Å². The van der Waals surface area contributed by atoms with E-state index >= 15 is 0 Å². The van der Waals surface area contributed by atoms with E-state index in [-0.39, 0.29) is 83.2 Å². The van der Waals surface area contributed by atoms with Crippen LogP contribution < -0.4 is 26.0 Å². The van der Waals surface area contributed by atoms with Gasteiger partial charge in [0.2, 0.25) is 23.7 Å². The fourth-order valence-electron chi connectivity index (χ4n) is 8.21. The minimum absolute atomic E-state index is 0.00287. The number of aromatic nitrogens is 2. The number of anilines is 5. The van der Waals surface area contributed by atoms with E-state index in [9.17, 15) is 32.4 Å². The highest BCUT2D eigenvalue weighted by Crippen LogP contribution is 2.39. The Hall–Kier alpha value is -6.11. The zero-order chi connectivity index (χ0) is 46.6. The summed E-state index contributed by atoms with van der Waals surface area (Å²) in [7, 11) is -3.60. The van der Waals surface area contributed by atoms with Gasteiger partial charge in [-0.1, -0.05) is 29.8 Å². The molecule has 19 heteroatoms. The van der Waals surface area contributed by atoms with Gasteiger partial charge in [0.1, 0.15) is 16.8 Å². The number of hydrogen-bond acceptors (Lipinski definition) is 14. The van der Waals surface area contributed by atoms with Gasteiger partial charge in [0.25, 0.3) is 11.8 Å². The number of aryl methyl sites for hydroxylation is 1. The summed E-state index contributed by atoms with van der Waals surface area (Å²) in [6.45, 7) is 11.1. The largest absolute Gasteiger partial charge is 0.489 e. The molecule has 0 saturated carbocycles. The molecule has 344 valence electrons. The number of para-hydroxylation sites is 1. The van der Waals surface area contributed by atoms with Crippen LogP contribution in [0.4, 0.5) is 28.8 Å². The van der Waals surface area contributed by atoms with Gasteiger partial charge in [0, 0.05) is 31.7 Å². The van der Waals surface area contributed by atoms with E-state index in [2.05, 4.69) is 31.2 Å². The number of carbonyl (C=O) groups excluding carboxylic acids is 5. The highest BCUT2D eigenvalue weighted by atomic mass is 35.5. The molecule has 1 atom stereocenters. The number of piperidine rings is 2. The Morgan fingerprint density at radius 2 is 1.66 bits per heavy atom. The number of benzene rings is 3. The third-order valence-corrected chi connectivity index (χ3v) is 14.1. The van der Waals surface area contributed by atoms with Gasteiger partial charge < -0.3 is 30.3 Å². The zero-order valence-electron chi connectivity index (χ0n) is 36.9. The summed E-state index contributed by atoms with van der Waals surface area (Å²) in [5.74, 6) is -1.03. The van der Waals surface area contributed by atoms with Crippen LogP contribution in [0.1, 0.15) is 97.6 Å². The number of nitrogens with zero attached hydrogens (tertiary/aromatic N) is 4. The third-order valence-electron chi connectivity index (χ3n) is 11.6. The Balaban J connectivity index is 0.909. The van der Waals surface area contributed by atoms with E-state index in [0.29, 0.717) is 42.4 Å². The average molecular weight is 929 g/mol. The number of imide groups is 2. The maximum Gasteiger partial charge on any atom is 0.264 e. The lowest BCUT2D eigenvalue weighted by Crippen LogP contribution is -2.54. The van der Waals surface area contributed by atoms with E-state index in [1.807, 2.05) is 37.8 Å². The summed E-state index contributed by atoms with van der Waals surface area (Å²) in [6, 6.07) is 14.4. The average Bonchev–Trinajstić information content (AvgIpc) is 3.52. The molecule has 17 nitrogen and oxygen atoms in total. The van der Waals surface area contributed by atoms with Crippen LogP contribution in [-0.4, -0.2) is 108 Å². The summed E-state index contributed by atoms with van der Waals surface area (Å²) in [4.78, 5) is 75.7. The molecule has 2 saturated heterocycles. The monoisotopic (exact) mass is 928 g/mol. The zero-order valence-corrected chi connectivity index (χ0v) is 38.5. The number of nitrogens with one attached hydrogen (secondary N) is 4. The molecule has 7 rings (SSSR count). The van der Waals surface area contributed by atoms with Gasteiger partial charge in [0.15, 0.2) is 15.7 Å². The van der Waals surface area contributed by atoms with Crippen molar-refractivity contribution < 1.29 is 41.9 Å². The number of carbonyl (C=O) groups is 5. The fraction of sp³-hybridized carbons (Fsp3) is 0.413. The third kappa shape index (κ3) is 10.4. The number of sulfone groups is 1. The first-order valence-corrected chi connectivity index (χ1v) is 23.6. The first-order chi connectivity index (χ1) is 31.0. The van der Waals surface area contributed by atoms with Crippen molar-refractivity contribution in [1.29, 1.82) is 0 Å². The van der Waals surface area contributed by atoms with Gasteiger partial charge in [-0.3, -0.25) is 34.2 Å². The van der Waals surface area contributed by atoms with Crippen molar-refractivity contribution in [1.82, 2.24) is 25.1 Å². The minimum atomic E-state index is -3.60. The highest BCUT2D eigenvalue weighted by molar-refractivity contribution is 7.92. The molecule has 0 aliphatic carbocycles. The van der Waals surface area contributed by atoms with Crippen molar-refractivity contribution in [3.63, 3.8) is 0 Å². The van der Waals surface area contributed by atoms with E-state index in [4.69, 9.17) is 21.1 Å². The molecular weight excluding hydrogens is 876 g/mol. The first kappa shape index (κ1) is 46.9. The predicted octanol–water partition coefficient (Wildman–Crippen LogP) is 6.52. The topological polar surface area (TPSA) is 218 Å². The molecule has 65 heavy (non-hydrogen) atoms. The molecule has 3 aliphatic rings. The molecule has 3 aromatic carbocycles. The second kappa shape index (κ2) is 20.0. The molecule has 5 amide bonds. The first-order valence-electron chi connectivity index (χ1n) is 21.7. The predicted molar refractivity (Wildman–Crippen MR) is 245 cm³/mol. The number of hydrogen-bond donors (Lipinski definition) is 4. The van der Waals surface area contributed by atoms with E-state index in [0.717, 1.165) is 28.9 Å². The second-order valence-electron chi connectivity index (χ2n) is 16.7. The Labute approximate surface area is 382 Å². The molecule has 0 bridgehead atoms. The molecule has 4 heterocycles. The summed E-state index contributed by atoms with van der Waals surface area (Å²) < 4.78 is 38.2. The van der Waals surface area contributed by atoms with Crippen molar-refractivity contribution in [2.24, 2.45) is 0 Å². The normalized spacial score (nSPS) is 16.8. The number of likely N-dealkylation sites (tertiary alicyclic amines) is 1. The summed E-state index contributed by atoms with van der Waals surface area (Å²) in [6.07, 6.45) is 3.14. The van der Waals surface area contributed by atoms with Crippen molar-refractivity contribution in [2.45, 2.75) is 94.9 Å². The van der Waals surface area contributed by atoms with Crippen molar-refractivity contribution >= 4 is 79.8 Å². The Bertz CT molecular complexity index is 2620. The second-order valence-corrected chi connectivity index (χ2v) is 19.6. The lowest BCUT2D eigenvalue weighted by Gasteiger charge is -2.33. The van der Waals surface area contributed by atoms with Crippen molar-refractivity contribution in [2.75, 3.05) is 48.8 Å². The fourth-order valence-corrected chi connectivity index (χ4v) is 9.55. The molecule has 0 spiro atoms. The molecule has 0 radical (unpaired) electrons. The highest BCUT2D eigenvalue weighted by Gasteiger charge is 2.45. The molecular formula is C46H53ClN8O9S. The quantitative estimate of drug-likeness (QED) is 0.0655. The Morgan fingerprint density at radius 1 is 0.923 bits per heavy atom. The van der Waals surface area contributed by atoms with Gasteiger partial charge in [-0.2, -0.15) is 4.98 Å². The molecule has 4 aromatic rings. The summed E-state index contributed by atoms with van der Waals surface area (Å²) >= 11 is 6.50. The summed E-state index contributed by atoms with van der Waals surface area (Å²) in [5.41, 5.74) is 3.93. The lowest BCUT2D eigenvalue weighted by molar-refractivity contribution is -0.136. The van der Waals surface area contributed by atoms with Crippen LogP contribution in [0.5, 0.6) is 5.75 Å². The van der Waals surface area contributed by atoms with Gasteiger partial charge in [0.05, 0.1) is 64.6 Å². The van der Waals surface area contributed by atoms with Gasteiger partial charge >= 0.3 is 0 Å². The molecule has 1 aromatic heterocycles. The lowest BCUT2D eigenvalue weighted by atomic mass is 9.86. The Kier molecular flexibility index (Phi) is 14.4. The molecule has 3 aliphatic heterocycles. The maximum absolute atomic E-state index is 13.4. The van der Waals surface area contributed by atoms with Crippen LogP contribution in [0, 0.1) is 6.92 Å². The van der Waals surface area contributed by atoms with E-state index < -0.39 is 44.8 Å². The minimum Gasteiger partial charge on any atom is -0.489 e. The van der Waals surface area contributed by atoms with Gasteiger partial charge in [-0.25, -0.2) is 13.4 Å². The van der Waals surface area contributed by atoms with Crippen LogP contribution in [0.15, 0.2) is 65.7 Å². The number of halogens is 1. The van der Waals surface area contributed by atoms with Crippen LogP contribution >= 0.6 is 11.6 Å². The van der Waals surface area contributed by atoms with E-state index in [1.165, 1.54) is 12.3 Å². The number of fused-ring (bicyclic) bond motifs is 1. The van der Waals surface area contributed by atoms with Crippen LogP contribution in [0.25, 0.3) is 0 Å². The Morgan fingerprint density at radius 3 is 2.38 bits per heavy atom. The van der Waals surface area contributed by atoms with Crippen molar-refractivity contribution in [3.8, 4) is 5.75 Å². The van der Waals surface area contributed by atoms with Gasteiger partial charge in [-0.05, 0) is 107 Å². The standard InChI is InChI=1S/C46H53ClN8O9S/c1-26(2)64-37-24-31(28(5)23-35(37)51-46-49-25-32(47)42(53-46)50-33-10-6-7-12-38(33)65(61,62)27(3)4)29-15-19-54(20-16-29)40(57)17-21-63-22-18-48-34-11-8-9-30-41(34)45(60)55(44(30)59)36-13-14-39(56)52-43(36)58/h6-12,23-27,29,36,48H,13-22H2,1-5H3,(H,52,56,58)(H2,49,50,51,53). The maximum atomic E-state index is 13.4. The van der Waals surface area contributed by atoms with Crippen LogP contribution in [0.2, 0.25) is 5.02 Å². The number of rotatable bonds is 17. The SMILES string of the molecule is Cc1cc(Nc2ncc(Cl)c(Nc3ccccc3S(=O)(=O)C(C)C)n2)c(OC(C)C)cc1C1CCN(C(=O)CCOCCNc2cccc3c2C(=O)N(C2CCC(=O)NC2=O)C3=O)CC1. The summed E-state index contributed by atoms with van der Waals surface area (Å²) in [5, 5.41) is 11.3.